The van der Waals surface area contributed by atoms with Gasteiger partial charge in [-0.05, 0) is 44.7 Å². The average Bonchev–Trinajstić information content (AvgIpc) is 3.32. The Bertz CT molecular complexity index is 691. The Hall–Kier alpha value is -1.99. The molecule has 4 heterocycles. The SMILES string of the molecule is Cc1noc(-c2cccnc2N2CCC(OC[C@H]3CCCO3)CC2)n1. The summed E-state index contributed by atoms with van der Waals surface area (Å²) in [4.78, 5) is 11.2. The van der Waals surface area contributed by atoms with Crippen molar-refractivity contribution in [3.05, 3.63) is 24.2 Å². The van der Waals surface area contributed by atoms with Gasteiger partial charge in [0.15, 0.2) is 5.82 Å². The molecule has 4 rings (SSSR count). The van der Waals surface area contributed by atoms with E-state index in [1.165, 1.54) is 0 Å². The molecule has 2 aliphatic heterocycles. The number of aromatic nitrogens is 3. The number of ether oxygens (including phenoxy) is 2. The van der Waals surface area contributed by atoms with Gasteiger partial charge in [-0.3, -0.25) is 0 Å². The van der Waals surface area contributed by atoms with Gasteiger partial charge in [-0.2, -0.15) is 4.98 Å². The fourth-order valence-electron chi connectivity index (χ4n) is 3.48. The molecule has 2 aromatic heterocycles. The second kappa shape index (κ2) is 7.49. The molecule has 7 nitrogen and oxygen atoms in total. The number of hydrogen-bond acceptors (Lipinski definition) is 7. The van der Waals surface area contributed by atoms with Crippen LogP contribution in [0.2, 0.25) is 0 Å². The van der Waals surface area contributed by atoms with E-state index in [0.29, 0.717) is 23.9 Å². The monoisotopic (exact) mass is 344 g/mol. The van der Waals surface area contributed by atoms with Crippen molar-refractivity contribution in [2.24, 2.45) is 0 Å². The third-order valence-corrected chi connectivity index (χ3v) is 4.83. The van der Waals surface area contributed by atoms with Gasteiger partial charge >= 0.3 is 0 Å². The first-order valence-corrected chi connectivity index (χ1v) is 9.03. The molecule has 2 aliphatic rings. The van der Waals surface area contributed by atoms with Crippen molar-refractivity contribution >= 4 is 5.82 Å². The zero-order valence-electron chi connectivity index (χ0n) is 14.6. The van der Waals surface area contributed by atoms with E-state index in [1.54, 1.807) is 0 Å². The Morgan fingerprint density at radius 1 is 1.28 bits per heavy atom. The Morgan fingerprint density at radius 2 is 2.16 bits per heavy atom. The van der Waals surface area contributed by atoms with Crippen LogP contribution in [0.1, 0.15) is 31.5 Å². The number of aryl methyl sites for hydroxylation is 1. The Balaban J connectivity index is 1.37. The number of nitrogens with zero attached hydrogens (tertiary/aromatic N) is 4. The van der Waals surface area contributed by atoms with Gasteiger partial charge in [-0.15, -0.1) is 0 Å². The minimum atomic E-state index is 0.293. The summed E-state index contributed by atoms with van der Waals surface area (Å²) in [6, 6.07) is 3.88. The highest BCUT2D eigenvalue weighted by atomic mass is 16.5. The fraction of sp³-hybridized carbons (Fsp3) is 0.611. The average molecular weight is 344 g/mol. The second-order valence-corrected chi connectivity index (χ2v) is 6.68. The van der Waals surface area contributed by atoms with Gasteiger partial charge in [0.2, 0.25) is 0 Å². The van der Waals surface area contributed by atoms with Crippen LogP contribution in [0.3, 0.4) is 0 Å². The standard InChI is InChI=1S/C18H24N4O3/c1-13-20-18(25-21-13)16-5-2-8-19-17(16)22-9-6-14(7-10-22)24-12-15-4-3-11-23-15/h2,5,8,14-15H,3-4,6-7,9-12H2,1H3/t15-/m1/s1. The first-order chi connectivity index (χ1) is 12.3. The van der Waals surface area contributed by atoms with Crippen LogP contribution < -0.4 is 4.90 Å². The molecule has 0 N–H and O–H groups in total. The largest absolute Gasteiger partial charge is 0.376 e. The zero-order valence-corrected chi connectivity index (χ0v) is 14.6. The number of piperidine rings is 1. The Kier molecular flexibility index (Phi) is 4.94. The molecule has 0 amide bonds. The summed E-state index contributed by atoms with van der Waals surface area (Å²) < 4.78 is 17.0. The van der Waals surface area contributed by atoms with E-state index in [4.69, 9.17) is 14.0 Å². The summed E-state index contributed by atoms with van der Waals surface area (Å²) >= 11 is 0. The molecule has 2 aromatic rings. The van der Waals surface area contributed by atoms with Crippen LogP contribution >= 0.6 is 0 Å². The summed E-state index contributed by atoms with van der Waals surface area (Å²) in [6.07, 6.45) is 6.67. The van der Waals surface area contributed by atoms with Crippen molar-refractivity contribution in [2.45, 2.75) is 44.8 Å². The Morgan fingerprint density at radius 3 is 2.88 bits per heavy atom. The van der Waals surface area contributed by atoms with E-state index >= 15 is 0 Å². The van der Waals surface area contributed by atoms with E-state index in [2.05, 4.69) is 20.0 Å². The molecule has 0 unspecified atom stereocenters. The first-order valence-electron chi connectivity index (χ1n) is 9.03. The lowest BCUT2D eigenvalue weighted by atomic mass is 10.1. The molecule has 0 saturated carbocycles. The molecule has 0 bridgehead atoms. The molecule has 0 spiro atoms. The molecule has 0 aromatic carbocycles. The second-order valence-electron chi connectivity index (χ2n) is 6.68. The topological polar surface area (TPSA) is 73.5 Å². The molecule has 1 atom stereocenters. The predicted molar refractivity (Wildman–Crippen MR) is 92.4 cm³/mol. The van der Waals surface area contributed by atoms with Crippen LogP contribution in [0.5, 0.6) is 0 Å². The van der Waals surface area contributed by atoms with Gasteiger partial charge in [0.1, 0.15) is 5.82 Å². The van der Waals surface area contributed by atoms with Crippen molar-refractivity contribution in [3.8, 4) is 11.5 Å². The summed E-state index contributed by atoms with van der Waals surface area (Å²) in [5, 5.41) is 3.89. The van der Waals surface area contributed by atoms with Gasteiger partial charge < -0.3 is 18.9 Å². The normalized spacial score (nSPS) is 21.8. The van der Waals surface area contributed by atoms with E-state index in [0.717, 1.165) is 63.4 Å². The number of anilines is 1. The van der Waals surface area contributed by atoms with E-state index in [1.807, 2.05) is 25.3 Å². The lowest BCUT2D eigenvalue weighted by Gasteiger charge is -2.33. The zero-order chi connectivity index (χ0) is 17.1. The quantitative estimate of drug-likeness (QED) is 0.825. The third kappa shape index (κ3) is 3.82. The molecular formula is C18H24N4O3. The van der Waals surface area contributed by atoms with Crippen LogP contribution in [0, 0.1) is 6.92 Å². The Labute approximate surface area is 147 Å². The van der Waals surface area contributed by atoms with E-state index in [9.17, 15) is 0 Å². The minimum Gasteiger partial charge on any atom is -0.376 e. The fourth-order valence-corrected chi connectivity index (χ4v) is 3.48. The van der Waals surface area contributed by atoms with Crippen LogP contribution in [-0.4, -0.2) is 53.6 Å². The third-order valence-electron chi connectivity index (χ3n) is 4.83. The van der Waals surface area contributed by atoms with Crippen molar-refractivity contribution in [1.82, 2.24) is 15.1 Å². The summed E-state index contributed by atoms with van der Waals surface area (Å²) in [5.41, 5.74) is 0.891. The van der Waals surface area contributed by atoms with Crippen molar-refractivity contribution in [1.29, 1.82) is 0 Å². The molecule has 0 radical (unpaired) electrons. The van der Waals surface area contributed by atoms with E-state index in [-0.39, 0.29) is 0 Å². The molecule has 0 aliphatic carbocycles. The van der Waals surface area contributed by atoms with Crippen molar-refractivity contribution in [3.63, 3.8) is 0 Å². The smallest absolute Gasteiger partial charge is 0.261 e. The maximum atomic E-state index is 6.06. The molecule has 2 saturated heterocycles. The van der Waals surface area contributed by atoms with E-state index < -0.39 is 0 Å². The molecule has 25 heavy (non-hydrogen) atoms. The first kappa shape index (κ1) is 16.5. The summed E-state index contributed by atoms with van der Waals surface area (Å²) in [7, 11) is 0. The lowest BCUT2D eigenvalue weighted by molar-refractivity contribution is -0.0280. The van der Waals surface area contributed by atoms with Gasteiger partial charge in [-0.1, -0.05) is 5.16 Å². The summed E-state index contributed by atoms with van der Waals surface area (Å²) in [6.45, 7) is 5.24. The van der Waals surface area contributed by atoms with Crippen LogP contribution in [-0.2, 0) is 9.47 Å². The van der Waals surface area contributed by atoms with Gasteiger partial charge in [0.25, 0.3) is 5.89 Å². The summed E-state index contributed by atoms with van der Waals surface area (Å²) in [5.74, 6) is 2.06. The predicted octanol–water partition coefficient (Wildman–Crippen LogP) is 2.60. The molecule has 7 heteroatoms. The highest BCUT2D eigenvalue weighted by Gasteiger charge is 2.25. The van der Waals surface area contributed by atoms with Crippen molar-refractivity contribution in [2.75, 3.05) is 31.2 Å². The van der Waals surface area contributed by atoms with Gasteiger partial charge in [0.05, 0.1) is 24.4 Å². The van der Waals surface area contributed by atoms with Crippen molar-refractivity contribution < 1.29 is 14.0 Å². The van der Waals surface area contributed by atoms with Gasteiger partial charge in [0, 0.05) is 25.9 Å². The lowest BCUT2D eigenvalue weighted by Crippen LogP contribution is -2.38. The number of pyridine rings is 1. The minimum absolute atomic E-state index is 0.293. The highest BCUT2D eigenvalue weighted by Crippen LogP contribution is 2.30. The number of rotatable bonds is 5. The van der Waals surface area contributed by atoms with Gasteiger partial charge in [-0.25, -0.2) is 4.98 Å². The van der Waals surface area contributed by atoms with Crippen LogP contribution in [0.15, 0.2) is 22.9 Å². The number of hydrogen-bond donors (Lipinski definition) is 0. The van der Waals surface area contributed by atoms with Crippen LogP contribution in [0.4, 0.5) is 5.82 Å². The molecule has 134 valence electrons. The maximum absolute atomic E-state index is 6.06. The highest BCUT2D eigenvalue weighted by molar-refractivity contribution is 5.69. The maximum Gasteiger partial charge on any atom is 0.261 e. The molecule has 2 fully saturated rings. The van der Waals surface area contributed by atoms with Crippen LogP contribution in [0.25, 0.3) is 11.5 Å². The molecular weight excluding hydrogens is 320 g/mol.